The van der Waals surface area contributed by atoms with E-state index in [1.54, 1.807) is 24.3 Å². The molecule has 1 fully saturated rings. The minimum atomic E-state index is -0.701. The maximum Gasteiger partial charge on any atom is 0.340 e. The van der Waals surface area contributed by atoms with Crippen LogP contribution in [0.15, 0.2) is 51.7 Å². The number of carbonyl (C=O) groups is 1. The number of likely N-dealkylation sites (tertiary alicyclic amines) is 1. The quantitative estimate of drug-likeness (QED) is 0.493. The zero-order valence-electron chi connectivity index (χ0n) is 19.1. The van der Waals surface area contributed by atoms with Crippen molar-refractivity contribution in [3.63, 3.8) is 0 Å². The van der Waals surface area contributed by atoms with Crippen LogP contribution in [0.3, 0.4) is 0 Å². The minimum absolute atomic E-state index is 0.0865. The minimum Gasteiger partial charge on any atom is -0.491 e. The maximum absolute atomic E-state index is 13.2. The van der Waals surface area contributed by atoms with Crippen molar-refractivity contribution in [1.82, 2.24) is 4.90 Å². The summed E-state index contributed by atoms with van der Waals surface area (Å²) in [6, 6.07) is 11.3. The second-order valence-electron chi connectivity index (χ2n) is 8.90. The lowest BCUT2D eigenvalue weighted by molar-refractivity contribution is -0.123. The third-order valence-corrected chi connectivity index (χ3v) is 6.45. The molecule has 4 rings (SSSR count). The van der Waals surface area contributed by atoms with Gasteiger partial charge >= 0.3 is 5.63 Å². The zero-order chi connectivity index (χ0) is 24.2. The van der Waals surface area contributed by atoms with Crippen molar-refractivity contribution in [2.45, 2.75) is 32.3 Å². The Morgan fingerprint density at radius 3 is 2.62 bits per heavy atom. The van der Waals surface area contributed by atoms with Gasteiger partial charge in [0.1, 0.15) is 29.9 Å². The predicted octanol–water partition coefficient (Wildman–Crippen LogP) is 2.77. The Morgan fingerprint density at radius 1 is 1.24 bits per heavy atom. The summed E-state index contributed by atoms with van der Waals surface area (Å²) in [5.41, 5.74) is 7.50. The van der Waals surface area contributed by atoms with Crippen LogP contribution in [0.1, 0.15) is 29.5 Å². The number of aryl methyl sites for hydroxylation is 1. The van der Waals surface area contributed by atoms with Crippen molar-refractivity contribution in [3.05, 3.63) is 75.4 Å². The summed E-state index contributed by atoms with van der Waals surface area (Å²) in [5.74, 6) is -0.176. The molecule has 3 N–H and O–H groups in total. The van der Waals surface area contributed by atoms with Gasteiger partial charge in [0.15, 0.2) is 0 Å². The molecule has 0 bridgehead atoms. The fourth-order valence-corrected chi connectivity index (χ4v) is 4.42. The molecule has 0 radical (unpaired) electrons. The molecule has 0 saturated carbocycles. The summed E-state index contributed by atoms with van der Waals surface area (Å²) >= 11 is 0. The summed E-state index contributed by atoms with van der Waals surface area (Å²) in [4.78, 5) is 26.0. The number of aliphatic hydroxyl groups is 1. The molecule has 1 amide bonds. The number of nitrogens with zero attached hydrogens (tertiary/aromatic N) is 1. The molecular formula is C26H29FN2O5. The Kier molecular flexibility index (Phi) is 7.29. The number of nitrogens with two attached hydrogens (primary N) is 1. The number of benzene rings is 2. The van der Waals surface area contributed by atoms with Crippen LogP contribution in [0, 0.1) is 18.7 Å². The first-order chi connectivity index (χ1) is 16.3. The fraction of sp³-hybridized carbons (Fsp3) is 0.385. The van der Waals surface area contributed by atoms with Crippen molar-refractivity contribution in [2.75, 3.05) is 26.2 Å². The molecule has 1 aromatic heterocycles. The number of β-amino-alcohol motifs (C(OH)–C–C–N with tert-alkyl or cyclic N) is 1. The molecule has 1 unspecified atom stereocenters. The molecule has 2 aromatic carbocycles. The van der Waals surface area contributed by atoms with E-state index in [-0.39, 0.29) is 24.2 Å². The molecule has 1 aliphatic heterocycles. The van der Waals surface area contributed by atoms with Crippen molar-refractivity contribution in [3.8, 4) is 5.75 Å². The zero-order valence-corrected chi connectivity index (χ0v) is 19.1. The molecular weight excluding hydrogens is 439 g/mol. The van der Waals surface area contributed by atoms with Gasteiger partial charge in [-0.25, -0.2) is 9.18 Å². The van der Waals surface area contributed by atoms with E-state index >= 15 is 0 Å². The lowest BCUT2D eigenvalue weighted by Gasteiger charge is -2.31. The van der Waals surface area contributed by atoms with Gasteiger partial charge < -0.3 is 24.9 Å². The summed E-state index contributed by atoms with van der Waals surface area (Å²) in [5, 5.41) is 11.2. The Bertz CT molecular complexity index is 1220. The normalized spacial score (nSPS) is 16.0. The third kappa shape index (κ3) is 5.63. The highest BCUT2D eigenvalue weighted by molar-refractivity contribution is 5.82. The van der Waals surface area contributed by atoms with Gasteiger partial charge in [0.2, 0.25) is 5.91 Å². The SMILES string of the molecule is Cc1c(Cc2ccc(F)cc2)c(=O)oc2cc(OCC(O)CN3CCC(C(N)=O)CC3)ccc12. The summed E-state index contributed by atoms with van der Waals surface area (Å²) < 4.78 is 24.5. The smallest absolute Gasteiger partial charge is 0.340 e. The summed E-state index contributed by atoms with van der Waals surface area (Å²) in [6.07, 6.45) is 1.06. The first-order valence-electron chi connectivity index (χ1n) is 11.4. The maximum atomic E-state index is 13.2. The number of carbonyl (C=O) groups excluding carboxylic acids is 1. The molecule has 1 saturated heterocycles. The monoisotopic (exact) mass is 468 g/mol. The van der Waals surface area contributed by atoms with Crippen LogP contribution in [0.2, 0.25) is 0 Å². The number of fused-ring (bicyclic) bond motifs is 1. The van der Waals surface area contributed by atoms with Crippen LogP contribution >= 0.6 is 0 Å². The molecule has 2 heterocycles. The lowest BCUT2D eigenvalue weighted by atomic mass is 9.96. The van der Waals surface area contributed by atoms with E-state index in [1.807, 2.05) is 13.0 Å². The van der Waals surface area contributed by atoms with Crippen molar-refractivity contribution in [1.29, 1.82) is 0 Å². The van der Waals surface area contributed by atoms with E-state index < -0.39 is 11.7 Å². The number of amides is 1. The average Bonchev–Trinajstić information content (AvgIpc) is 2.82. The second kappa shape index (κ2) is 10.4. The highest BCUT2D eigenvalue weighted by Crippen LogP contribution is 2.25. The van der Waals surface area contributed by atoms with E-state index in [9.17, 15) is 19.1 Å². The van der Waals surface area contributed by atoms with Crippen molar-refractivity contribution >= 4 is 16.9 Å². The van der Waals surface area contributed by atoms with E-state index in [0.29, 0.717) is 55.8 Å². The van der Waals surface area contributed by atoms with Gasteiger partial charge in [-0.15, -0.1) is 0 Å². The molecule has 0 aliphatic carbocycles. The molecule has 0 spiro atoms. The second-order valence-corrected chi connectivity index (χ2v) is 8.90. The molecule has 180 valence electrons. The largest absolute Gasteiger partial charge is 0.491 e. The van der Waals surface area contributed by atoms with E-state index in [4.69, 9.17) is 14.9 Å². The predicted molar refractivity (Wildman–Crippen MR) is 126 cm³/mol. The fourth-order valence-electron chi connectivity index (χ4n) is 4.42. The highest BCUT2D eigenvalue weighted by atomic mass is 19.1. The molecule has 34 heavy (non-hydrogen) atoms. The Hall–Kier alpha value is -3.23. The van der Waals surface area contributed by atoms with E-state index in [0.717, 1.165) is 16.5 Å². The number of aliphatic hydroxyl groups excluding tert-OH is 1. The molecule has 8 heteroatoms. The van der Waals surface area contributed by atoms with Gasteiger partial charge in [-0.2, -0.15) is 0 Å². The molecule has 7 nitrogen and oxygen atoms in total. The van der Waals surface area contributed by atoms with Crippen LogP contribution in [-0.2, 0) is 11.2 Å². The number of primary amides is 1. The third-order valence-electron chi connectivity index (χ3n) is 6.45. The number of halogens is 1. The topological polar surface area (TPSA) is 106 Å². The van der Waals surface area contributed by atoms with E-state index in [2.05, 4.69) is 4.90 Å². The van der Waals surface area contributed by atoms with Crippen molar-refractivity contribution in [2.24, 2.45) is 11.7 Å². The number of hydrogen-bond acceptors (Lipinski definition) is 6. The van der Waals surface area contributed by atoms with Crippen LogP contribution in [-0.4, -0.2) is 48.3 Å². The highest BCUT2D eigenvalue weighted by Gasteiger charge is 2.24. The Balaban J connectivity index is 1.39. The summed E-state index contributed by atoms with van der Waals surface area (Å²) in [6.45, 7) is 3.83. The average molecular weight is 469 g/mol. The first-order valence-corrected chi connectivity index (χ1v) is 11.4. The number of piperidine rings is 1. The van der Waals surface area contributed by atoms with Gasteiger partial charge in [-0.05, 0) is 68.2 Å². The Labute approximate surface area is 196 Å². The van der Waals surface area contributed by atoms with Gasteiger partial charge in [-0.3, -0.25) is 4.79 Å². The van der Waals surface area contributed by atoms with Gasteiger partial charge in [-0.1, -0.05) is 12.1 Å². The van der Waals surface area contributed by atoms with Gasteiger partial charge in [0.05, 0.1) is 0 Å². The number of hydrogen-bond donors (Lipinski definition) is 2. The van der Waals surface area contributed by atoms with Gasteiger partial charge in [0, 0.05) is 35.9 Å². The molecule has 1 aliphatic rings. The standard InChI is InChI=1S/C26H29FN2O5/c1-16-22-7-6-21(33-15-20(30)14-29-10-8-18(9-11-29)25(28)31)13-24(22)34-26(32)23(16)12-17-2-4-19(27)5-3-17/h2-7,13,18,20,30H,8-12,14-15H2,1H3,(H2,28,31). The lowest BCUT2D eigenvalue weighted by Crippen LogP contribution is -2.43. The first kappa shape index (κ1) is 23.9. The number of ether oxygens (including phenoxy) is 1. The van der Waals surface area contributed by atoms with Crippen LogP contribution in [0.4, 0.5) is 4.39 Å². The summed E-state index contributed by atoms with van der Waals surface area (Å²) in [7, 11) is 0. The van der Waals surface area contributed by atoms with Crippen LogP contribution in [0.5, 0.6) is 5.75 Å². The molecule has 1 atom stereocenters. The van der Waals surface area contributed by atoms with Crippen LogP contribution < -0.4 is 16.1 Å². The Morgan fingerprint density at radius 2 is 1.94 bits per heavy atom. The molecule has 3 aromatic rings. The van der Waals surface area contributed by atoms with E-state index in [1.165, 1.54) is 12.1 Å². The number of rotatable bonds is 8. The van der Waals surface area contributed by atoms with Crippen molar-refractivity contribution < 1.29 is 23.4 Å². The van der Waals surface area contributed by atoms with Gasteiger partial charge in [0.25, 0.3) is 0 Å². The van der Waals surface area contributed by atoms with Crippen LogP contribution in [0.25, 0.3) is 11.0 Å².